The first kappa shape index (κ1) is 23.6. The van der Waals surface area contributed by atoms with Gasteiger partial charge < -0.3 is 10.3 Å². The number of imidazole rings is 1. The lowest BCUT2D eigenvalue weighted by atomic mass is 9.83. The Morgan fingerprint density at radius 3 is 2.61 bits per heavy atom. The van der Waals surface area contributed by atoms with Gasteiger partial charge in [-0.1, -0.05) is 37.8 Å². The molecule has 0 bridgehead atoms. The number of nitrogens with one attached hydrogen (secondary N) is 3. The van der Waals surface area contributed by atoms with Crippen LogP contribution in [0.5, 0.6) is 0 Å². The van der Waals surface area contributed by atoms with Crippen LogP contribution in [0.3, 0.4) is 0 Å². The molecule has 0 radical (unpaired) electrons. The predicted octanol–water partition coefficient (Wildman–Crippen LogP) is 6.94. The van der Waals surface area contributed by atoms with Gasteiger partial charge >= 0.3 is 0 Å². The molecule has 1 saturated carbocycles. The zero-order valence-corrected chi connectivity index (χ0v) is 21.3. The Morgan fingerprint density at radius 1 is 1.03 bits per heavy atom. The fourth-order valence-corrected chi connectivity index (χ4v) is 4.80. The molecular formula is C31H29N7. The number of allylic oxidation sites excluding steroid dienone is 5. The lowest BCUT2D eigenvalue weighted by molar-refractivity contribution is 0.356. The van der Waals surface area contributed by atoms with Gasteiger partial charge in [-0.15, -0.1) is 0 Å². The quantitative estimate of drug-likeness (QED) is 0.201. The Kier molecular flexibility index (Phi) is 6.17. The van der Waals surface area contributed by atoms with Crippen molar-refractivity contribution in [2.45, 2.75) is 26.2 Å². The zero-order valence-electron chi connectivity index (χ0n) is 21.3. The normalized spacial score (nSPS) is 14.6. The van der Waals surface area contributed by atoms with E-state index in [0.29, 0.717) is 17.4 Å². The molecule has 6 rings (SSSR count). The second-order valence-electron chi connectivity index (χ2n) is 9.51. The summed E-state index contributed by atoms with van der Waals surface area (Å²) in [6.45, 7) is 10.2. The lowest BCUT2D eigenvalue weighted by Crippen LogP contribution is -2.23. The molecule has 1 aliphatic rings. The Balaban J connectivity index is 1.37. The second kappa shape index (κ2) is 9.94. The number of aromatic amines is 2. The summed E-state index contributed by atoms with van der Waals surface area (Å²) < 4.78 is 0. The van der Waals surface area contributed by atoms with Crippen LogP contribution in [0.1, 0.15) is 31.9 Å². The molecule has 1 fully saturated rings. The molecule has 7 heteroatoms. The minimum Gasteiger partial charge on any atom is -0.359 e. The number of rotatable bonds is 8. The van der Waals surface area contributed by atoms with Crippen LogP contribution in [0.15, 0.2) is 97.6 Å². The van der Waals surface area contributed by atoms with E-state index in [1.807, 2.05) is 55.5 Å². The van der Waals surface area contributed by atoms with Gasteiger partial charge in [0.1, 0.15) is 5.52 Å². The van der Waals surface area contributed by atoms with Gasteiger partial charge in [-0.05, 0) is 79.3 Å². The van der Waals surface area contributed by atoms with Crippen LogP contribution < -0.4 is 5.32 Å². The monoisotopic (exact) mass is 499 g/mol. The SMILES string of the molecule is C=C/C(=C\C(=C/C)c1ccc2[nH]nc(-c3nc4c(-c5ccncc5)cccc4[nH]3)c2n1)NC(=C)C1CCC1. The van der Waals surface area contributed by atoms with Gasteiger partial charge in [-0.2, -0.15) is 5.10 Å². The highest BCUT2D eigenvalue weighted by molar-refractivity contribution is 5.96. The zero-order chi connectivity index (χ0) is 26.1. The lowest BCUT2D eigenvalue weighted by Gasteiger charge is -2.28. The number of nitrogens with zero attached hydrogens (tertiary/aromatic N) is 4. The van der Waals surface area contributed by atoms with E-state index in [1.54, 1.807) is 12.4 Å². The molecule has 3 N–H and O–H groups in total. The summed E-state index contributed by atoms with van der Waals surface area (Å²) >= 11 is 0. The molecule has 1 aliphatic carbocycles. The number of fused-ring (bicyclic) bond motifs is 2. The summed E-state index contributed by atoms with van der Waals surface area (Å²) in [5.41, 5.74) is 9.98. The summed E-state index contributed by atoms with van der Waals surface area (Å²) in [5, 5.41) is 11.1. The first-order valence-corrected chi connectivity index (χ1v) is 12.9. The van der Waals surface area contributed by atoms with Crippen molar-refractivity contribution < 1.29 is 0 Å². The van der Waals surface area contributed by atoms with Crippen LogP contribution in [0.25, 0.3) is 50.3 Å². The topological polar surface area (TPSA) is 95.2 Å². The maximum Gasteiger partial charge on any atom is 0.161 e. The number of para-hydroxylation sites is 1. The molecule has 0 saturated heterocycles. The van der Waals surface area contributed by atoms with Crippen molar-refractivity contribution in [3.63, 3.8) is 0 Å². The van der Waals surface area contributed by atoms with Gasteiger partial charge in [0.15, 0.2) is 11.5 Å². The first-order chi connectivity index (χ1) is 18.6. The number of pyridine rings is 2. The molecule has 4 aromatic heterocycles. The van der Waals surface area contributed by atoms with Crippen molar-refractivity contribution in [3.8, 4) is 22.6 Å². The highest BCUT2D eigenvalue weighted by atomic mass is 15.1. The maximum atomic E-state index is 5.00. The second-order valence-corrected chi connectivity index (χ2v) is 9.51. The third-order valence-electron chi connectivity index (χ3n) is 7.18. The van der Waals surface area contributed by atoms with E-state index in [1.165, 1.54) is 19.3 Å². The van der Waals surface area contributed by atoms with Crippen LogP contribution in [0.4, 0.5) is 0 Å². The van der Waals surface area contributed by atoms with E-state index >= 15 is 0 Å². The first-order valence-electron chi connectivity index (χ1n) is 12.9. The minimum atomic E-state index is 0.540. The molecule has 0 atom stereocenters. The van der Waals surface area contributed by atoms with Crippen molar-refractivity contribution in [3.05, 3.63) is 103 Å². The van der Waals surface area contributed by atoms with Crippen molar-refractivity contribution in [2.75, 3.05) is 0 Å². The molecule has 0 unspecified atom stereocenters. The van der Waals surface area contributed by atoms with E-state index in [2.05, 4.69) is 50.8 Å². The molecular weight excluding hydrogens is 470 g/mol. The molecule has 5 aromatic rings. The van der Waals surface area contributed by atoms with Crippen LogP contribution in [-0.4, -0.2) is 30.1 Å². The van der Waals surface area contributed by atoms with Gasteiger partial charge in [0.2, 0.25) is 0 Å². The summed E-state index contributed by atoms with van der Waals surface area (Å²) in [6, 6.07) is 14.1. The van der Waals surface area contributed by atoms with Crippen molar-refractivity contribution >= 4 is 27.6 Å². The van der Waals surface area contributed by atoms with E-state index < -0.39 is 0 Å². The molecule has 0 spiro atoms. The van der Waals surface area contributed by atoms with Gasteiger partial charge in [-0.25, -0.2) is 9.97 Å². The standard InChI is InChI=1S/C31H29N7/c1-4-20(18-23(5-2)33-19(3)21-8-6-9-21)25-12-13-27-29(34-25)30(38-37-27)31-35-26-11-7-10-24(28(26)36-31)22-14-16-32-17-15-22/h4-5,7,10-18,21,33H,2-3,6,8-9H2,1H3,(H,35,36)(H,37,38)/b20-4+,23-18+. The van der Waals surface area contributed by atoms with Crippen LogP contribution in [0, 0.1) is 5.92 Å². The molecule has 188 valence electrons. The molecule has 4 heterocycles. The minimum absolute atomic E-state index is 0.540. The predicted molar refractivity (Wildman–Crippen MR) is 154 cm³/mol. The van der Waals surface area contributed by atoms with Crippen molar-refractivity contribution in [2.24, 2.45) is 5.92 Å². The number of H-pyrrole nitrogens is 2. The summed E-state index contributed by atoms with van der Waals surface area (Å²) in [5.74, 6) is 1.21. The number of benzene rings is 1. The highest BCUT2D eigenvalue weighted by Gasteiger charge is 2.21. The largest absolute Gasteiger partial charge is 0.359 e. The third kappa shape index (κ3) is 4.32. The Labute approximate surface area is 221 Å². The summed E-state index contributed by atoms with van der Waals surface area (Å²) in [6.07, 6.45) is 13.2. The smallest absolute Gasteiger partial charge is 0.161 e. The van der Waals surface area contributed by atoms with E-state index in [-0.39, 0.29) is 0 Å². The van der Waals surface area contributed by atoms with E-state index in [9.17, 15) is 0 Å². The number of hydrogen-bond donors (Lipinski definition) is 3. The van der Waals surface area contributed by atoms with Crippen LogP contribution in [-0.2, 0) is 0 Å². The molecule has 1 aromatic carbocycles. The number of hydrogen-bond acceptors (Lipinski definition) is 5. The van der Waals surface area contributed by atoms with E-state index in [0.717, 1.165) is 55.9 Å². The Bertz CT molecular complexity index is 1720. The Hall–Kier alpha value is -4.78. The summed E-state index contributed by atoms with van der Waals surface area (Å²) in [7, 11) is 0. The third-order valence-corrected chi connectivity index (χ3v) is 7.18. The average Bonchev–Trinajstić information content (AvgIpc) is 3.54. The van der Waals surface area contributed by atoms with Crippen molar-refractivity contribution in [1.82, 2.24) is 35.5 Å². The molecule has 0 aliphatic heterocycles. The molecule has 7 nitrogen and oxygen atoms in total. The highest BCUT2D eigenvalue weighted by Crippen LogP contribution is 2.33. The van der Waals surface area contributed by atoms with Crippen LogP contribution in [0.2, 0.25) is 0 Å². The van der Waals surface area contributed by atoms with Gasteiger partial charge in [-0.3, -0.25) is 10.1 Å². The van der Waals surface area contributed by atoms with Crippen molar-refractivity contribution in [1.29, 1.82) is 0 Å². The number of aromatic nitrogens is 6. The van der Waals surface area contributed by atoms with Gasteiger partial charge in [0.25, 0.3) is 0 Å². The molecule has 38 heavy (non-hydrogen) atoms. The summed E-state index contributed by atoms with van der Waals surface area (Å²) in [4.78, 5) is 17.5. The van der Waals surface area contributed by atoms with Gasteiger partial charge in [0.05, 0.1) is 22.2 Å². The van der Waals surface area contributed by atoms with Crippen LogP contribution >= 0.6 is 0 Å². The Morgan fingerprint density at radius 2 is 1.87 bits per heavy atom. The van der Waals surface area contributed by atoms with Gasteiger partial charge in [0, 0.05) is 29.4 Å². The molecule has 0 amide bonds. The fourth-order valence-electron chi connectivity index (χ4n) is 4.80. The maximum absolute atomic E-state index is 5.00. The fraction of sp³-hybridized carbons (Fsp3) is 0.161. The van der Waals surface area contributed by atoms with E-state index in [4.69, 9.17) is 9.97 Å². The average molecular weight is 500 g/mol.